The van der Waals surface area contributed by atoms with E-state index in [2.05, 4.69) is 0 Å². The number of aliphatic carboxylic acids is 1. The number of nitrogens with two attached hydrogens (primary N) is 1. The number of hydrogen-bond donors (Lipinski definition) is 4. The zero-order chi connectivity index (χ0) is 11.2. The number of nitrogens with one attached hydrogen (secondary N) is 1. The molecule has 0 aliphatic rings. The lowest BCUT2D eigenvalue weighted by Crippen LogP contribution is -2.30. The van der Waals surface area contributed by atoms with Gasteiger partial charge in [-0.3, -0.25) is 9.35 Å². The molecule has 0 aromatic rings. The molecule has 1 atom stereocenters. The van der Waals surface area contributed by atoms with Crippen LogP contribution in [0.2, 0.25) is 0 Å². The molecule has 0 aliphatic carbocycles. The van der Waals surface area contributed by atoms with E-state index in [9.17, 15) is 13.2 Å². The molecule has 0 saturated heterocycles. The summed E-state index contributed by atoms with van der Waals surface area (Å²) in [5, 5.41) is 8.39. The van der Waals surface area contributed by atoms with Crippen LogP contribution < -0.4 is 10.5 Å². The molecule has 8 heteroatoms. The molecule has 0 amide bonds. The normalized spacial score (nSPS) is 13.9. The maximum atomic E-state index is 10.2. The van der Waals surface area contributed by atoms with E-state index >= 15 is 0 Å². The van der Waals surface area contributed by atoms with Crippen LogP contribution in [0.3, 0.4) is 0 Å². The zero-order valence-corrected chi connectivity index (χ0v) is 8.33. The molecule has 7 nitrogen and oxygen atoms in total. The van der Waals surface area contributed by atoms with Crippen molar-refractivity contribution in [1.29, 1.82) is 0 Å². The Morgan fingerprint density at radius 3 is 2.43 bits per heavy atom. The monoisotopic (exact) mass is 226 g/mol. The smallest absolute Gasteiger partial charge is 0.333 e. The molecule has 0 bridgehead atoms. The number of hydrogen-bond acceptors (Lipinski definition) is 4. The van der Waals surface area contributed by atoms with Crippen molar-refractivity contribution in [3.63, 3.8) is 0 Å². The molecular formula is C6H14N2O5S. The van der Waals surface area contributed by atoms with Crippen LogP contribution in [-0.2, 0) is 15.1 Å². The predicted molar refractivity (Wildman–Crippen MR) is 49.0 cm³/mol. The summed E-state index contributed by atoms with van der Waals surface area (Å²) in [6, 6.07) is -0.916. The summed E-state index contributed by atoms with van der Waals surface area (Å²) in [6.07, 6.45) is 1.19. The second-order valence-corrected chi connectivity index (χ2v) is 4.05. The average molecular weight is 226 g/mol. The highest BCUT2D eigenvalue weighted by Gasteiger charge is 2.10. The molecule has 5 N–H and O–H groups in total. The lowest BCUT2D eigenvalue weighted by atomic mass is 10.1. The van der Waals surface area contributed by atoms with Crippen LogP contribution in [0.1, 0.15) is 19.3 Å². The fraction of sp³-hybridized carbons (Fsp3) is 0.833. The highest BCUT2D eigenvalue weighted by molar-refractivity contribution is 7.83. The fourth-order valence-electron chi connectivity index (χ4n) is 0.814. The standard InChI is InChI=1S/C6H14N2O5S/c7-5(6(9)10)3-1-2-4-8-14(11,12)13/h5,8H,1-4,7H2,(H,9,10)(H,11,12,13)/t5-/m0/s1. The number of unbranched alkanes of at least 4 members (excludes halogenated alkanes) is 1. The molecule has 0 fully saturated rings. The van der Waals surface area contributed by atoms with Gasteiger partial charge < -0.3 is 10.8 Å². The Kier molecular flexibility index (Phi) is 5.62. The van der Waals surface area contributed by atoms with Gasteiger partial charge in [0.25, 0.3) is 0 Å². The molecule has 84 valence electrons. The first kappa shape index (κ1) is 13.3. The number of rotatable bonds is 7. The summed E-state index contributed by atoms with van der Waals surface area (Å²) < 4.78 is 30.4. The van der Waals surface area contributed by atoms with Crippen molar-refractivity contribution >= 4 is 16.3 Å². The Balaban J connectivity index is 3.44. The summed E-state index contributed by atoms with van der Waals surface area (Å²) in [4.78, 5) is 10.2. The number of carboxylic acid groups (broad SMARTS) is 1. The van der Waals surface area contributed by atoms with E-state index in [1.54, 1.807) is 0 Å². The van der Waals surface area contributed by atoms with Gasteiger partial charge in [-0.2, -0.15) is 13.1 Å². The first-order chi connectivity index (χ1) is 6.33. The van der Waals surface area contributed by atoms with Crippen molar-refractivity contribution in [2.75, 3.05) is 6.54 Å². The van der Waals surface area contributed by atoms with Crippen molar-refractivity contribution in [3.05, 3.63) is 0 Å². The number of carbonyl (C=O) groups is 1. The minimum atomic E-state index is -4.14. The molecule has 0 aromatic carbocycles. The Morgan fingerprint density at radius 1 is 1.43 bits per heavy atom. The molecule has 0 radical (unpaired) electrons. The van der Waals surface area contributed by atoms with Crippen molar-refractivity contribution in [3.8, 4) is 0 Å². The molecule has 0 spiro atoms. The van der Waals surface area contributed by atoms with Crippen molar-refractivity contribution < 1.29 is 22.9 Å². The molecule has 0 aromatic heterocycles. The van der Waals surface area contributed by atoms with Gasteiger partial charge in [-0.1, -0.05) is 6.42 Å². The van der Waals surface area contributed by atoms with Gasteiger partial charge in [0.2, 0.25) is 0 Å². The van der Waals surface area contributed by atoms with Gasteiger partial charge in [-0.05, 0) is 12.8 Å². The molecule has 0 aliphatic heterocycles. The first-order valence-corrected chi connectivity index (χ1v) is 5.47. The van der Waals surface area contributed by atoms with Crippen LogP contribution in [0.15, 0.2) is 0 Å². The van der Waals surface area contributed by atoms with Crippen LogP contribution in [0.4, 0.5) is 0 Å². The topological polar surface area (TPSA) is 130 Å². The fourth-order valence-corrected chi connectivity index (χ4v) is 1.22. The van der Waals surface area contributed by atoms with E-state index in [0.717, 1.165) is 0 Å². The lowest BCUT2D eigenvalue weighted by molar-refractivity contribution is -0.138. The van der Waals surface area contributed by atoms with Gasteiger partial charge in [0.05, 0.1) is 0 Å². The summed E-state index contributed by atoms with van der Waals surface area (Å²) in [6.45, 7) is 0.0746. The maximum absolute atomic E-state index is 10.2. The minimum absolute atomic E-state index is 0.0746. The summed E-state index contributed by atoms with van der Waals surface area (Å²) >= 11 is 0. The van der Waals surface area contributed by atoms with Crippen molar-refractivity contribution in [2.24, 2.45) is 5.73 Å². The predicted octanol–water partition coefficient (Wildman–Crippen LogP) is -1.04. The van der Waals surface area contributed by atoms with Gasteiger partial charge in [0, 0.05) is 6.54 Å². The molecule has 0 rings (SSSR count). The quantitative estimate of drug-likeness (QED) is 0.324. The van der Waals surface area contributed by atoms with E-state index in [1.165, 1.54) is 0 Å². The largest absolute Gasteiger partial charge is 0.480 e. The second kappa shape index (κ2) is 5.91. The summed E-state index contributed by atoms with van der Waals surface area (Å²) in [7, 11) is -4.14. The van der Waals surface area contributed by atoms with Gasteiger partial charge in [0.15, 0.2) is 0 Å². The van der Waals surface area contributed by atoms with Crippen LogP contribution in [-0.4, -0.2) is 36.6 Å². The SMILES string of the molecule is N[C@@H](CCCCNS(=O)(=O)O)C(=O)O. The van der Waals surface area contributed by atoms with E-state index in [0.29, 0.717) is 12.8 Å². The summed E-state index contributed by atoms with van der Waals surface area (Å²) in [5.41, 5.74) is 5.20. The van der Waals surface area contributed by atoms with Crippen molar-refractivity contribution in [2.45, 2.75) is 25.3 Å². The second-order valence-electron chi connectivity index (χ2n) is 2.81. The maximum Gasteiger partial charge on any atom is 0.333 e. The number of carboxylic acids is 1. The molecular weight excluding hydrogens is 212 g/mol. The zero-order valence-electron chi connectivity index (χ0n) is 7.51. The molecule has 0 unspecified atom stereocenters. The van der Waals surface area contributed by atoms with E-state index in [4.69, 9.17) is 15.4 Å². The molecule has 14 heavy (non-hydrogen) atoms. The molecule has 0 saturated carbocycles. The highest BCUT2D eigenvalue weighted by atomic mass is 32.2. The lowest BCUT2D eigenvalue weighted by Gasteiger charge is -2.05. The minimum Gasteiger partial charge on any atom is -0.480 e. The van der Waals surface area contributed by atoms with Gasteiger partial charge in [-0.25, -0.2) is 0 Å². The Hall–Kier alpha value is -0.700. The molecule has 0 heterocycles. The first-order valence-electron chi connectivity index (χ1n) is 4.03. The third kappa shape index (κ3) is 7.92. The third-order valence-electron chi connectivity index (χ3n) is 1.54. The van der Waals surface area contributed by atoms with E-state index in [-0.39, 0.29) is 13.0 Å². The van der Waals surface area contributed by atoms with Gasteiger partial charge in [-0.15, -0.1) is 0 Å². The Labute approximate surface area is 82.2 Å². The van der Waals surface area contributed by atoms with Crippen LogP contribution in [0, 0.1) is 0 Å². The summed E-state index contributed by atoms with van der Waals surface area (Å²) in [5.74, 6) is -1.08. The van der Waals surface area contributed by atoms with E-state index in [1.807, 2.05) is 4.72 Å². The average Bonchev–Trinajstić information content (AvgIpc) is 2.01. The third-order valence-corrected chi connectivity index (χ3v) is 2.11. The van der Waals surface area contributed by atoms with Crippen LogP contribution in [0.25, 0.3) is 0 Å². The van der Waals surface area contributed by atoms with Crippen LogP contribution >= 0.6 is 0 Å². The Bertz CT molecular complexity index is 276. The highest BCUT2D eigenvalue weighted by Crippen LogP contribution is 1.98. The Morgan fingerprint density at radius 2 is 2.00 bits per heavy atom. The van der Waals surface area contributed by atoms with Crippen LogP contribution in [0.5, 0.6) is 0 Å². The van der Waals surface area contributed by atoms with Gasteiger partial charge in [0.1, 0.15) is 6.04 Å². The van der Waals surface area contributed by atoms with Gasteiger partial charge >= 0.3 is 16.3 Å². The van der Waals surface area contributed by atoms with Crippen molar-refractivity contribution in [1.82, 2.24) is 4.72 Å². The van der Waals surface area contributed by atoms with E-state index < -0.39 is 22.3 Å².